The number of methoxy groups -OCH3 is 1. The second-order valence-corrected chi connectivity index (χ2v) is 5.89. The summed E-state index contributed by atoms with van der Waals surface area (Å²) in [7, 11) is 3.38. The molecular formula is C20H28N4O3. The summed E-state index contributed by atoms with van der Waals surface area (Å²) in [6.07, 6.45) is 3.69. The van der Waals surface area contributed by atoms with Crippen LogP contribution < -0.4 is 25.7 Å². The Kier molecular flexibility index (Phi) is 8.76. The van der Waals surface area contributed by atoms with Crippen molar-refractivity contribution in [2.45, 2.75) is 19.4 Å². The molecule has 0 bridgehead atoms. The zero-order chi connectivity index (χ0) is 19.3. The zero-order valence-corrected chi connectivity index (χ0v) is 16.0. The fourth-order valence-corrected chi connectivity index (χ4v) is 2.49. The summed E-state index contributed by atoms with van der Waals surface area (Å²) in [6, 6.07) is 12.7. The topological polar surface area (TPSA) is 76.9 Å². The molecule has 7 nitrogen and oxygen atoms in total. The van der Waals surface area contributed by atoms with Crippen LogP contribution in [0.15, 0.2) is 58.4 Å². The van der Waals surface area contributed by atoms with Gasteiger partial charge in [-0.05, 0) is 43.2 Å². The van der Waals surface area contributed by atoms with Gasteiger partial charge in [0.1, 0.15) is 18.1 Å². The Morgan fingerprint density at radius 2 is 1.78 bits per heavy atom. The first-order chi connectivity index (χ1) is 13.2. The normalized spacial score (nSPS) is 11.1. The second-order valence-electron chi connectivity index (χ2n) is 5.89. The molecule has 146 valence electrons. The van der Waals surface area contributed by atoms with Crippen LogP contribution in [-0.2, 0) is 6.54 Å². The molecule has 1 aromatic heterocycles. The summed E-state index contributed by atoms with van der Waals surface area (Å²) in [6.45, 7) is 2.69. The van der Waals surface area contributed by atoms with E-state index >= 15 is 0 Å². The predicted molar refractivity (Wildman–Crippen MR) is 108 cm³/mol. The number of aromatic nitrogens is 1. The highest BCUT2D eigenvalue weighted by molar-refractivity contribution is 5.79. The number of nitrogens with zero attached hydrogens (tertiary/aromatic N) is 2. The molecule has 0 radical (unpaired) electrons. The van der Waals surface area contributed by atoms with E-state index in [1.165, 1.54) is 0 Å². The lowest BCUT2D eigenvalue weighted by Gasteiger charge is -2.13. The van der Waals surface area contributed by atoms with Gasteiger partial charge in [-0.3, -0.25) is 9.79 Å². The van der Waals surface area contributed by atoms with Gasteiger partial charge < -0.3 is 24.7 Å². The van der Waals surface area contributed by atoms with Gasteiger partial charge in [-0.15, -0.1) is 0 Å². The van der Waals surface area contributed by atoms with Crippen LogP contribution >= 0.6 is 0 Å². The van der Waals surface area contributed by atoms with Crippen LogP contribution in [-0.4, -0.2) is 44.4 Å². The van der Waals surface area contributed by atoms with Crippen LogP contribution in [0.2, 0.25) is 0 Å². The van der Waals surface area contributed by atoms with E-state index in [0.717, 1.165) is 43.4 Å². The molecule has 2 aromatic rings. The molecule has 1 heterocycles. The quantitative estimate of drug-likeness (QED) is 0.378. The van der Waals surface area contributed by atoms with Gasteiger partial charge in [0.05, 0.1) is 13.7 Å². The molecule has 2 N–H and O–H groups in total. The zero-order valence-electron chi connectivity index (χ0n) is 16.0. The number of unbranched alkanes of at least 4 members (excludes halogenated alkanes) is 1. The monoisotopic (exact) mass is 372 g/mol. The molecule has 0 saturated heterocycles. The lowest BCUT2D eigenvalue weighted by Crippen LogP contribution is -2.39. The third kappa shape index (κ3) is 7.43. The van der Waals surface area contributed by atoms with Gasteiger partial charge in [0.2, 0.25) is 5.56 Å². The first-order valence-corrected chi connectivity index (χ1v) is 9.10. The molecule has 0 amide bonds. The molecule has 0 aliphatic carbocycles. The standard InChI is InChI=1S/C20H28N4O3/c1-21-20(22-12-4-6-15-24-14-5-3-7-19(24)25)23-13-16-27-18-10-8-17(26-2)9-11-18/h3,5,7-11,14H,4,6,12-13,15-16H2,1-2H3,(H2,21,22,23). The fourth-order valence-electron chi connectivity index (χ4n) is 2.49. The van der Waals surface area contributed by atoms with E-state index in [9.17, 15) is 4.79 Å². The molecule has 0 saturated carbocycles. The summed E-state index contributed by atoms with van der Waals surface area (Å²) in [5, 5.41) is 6.48. The van der Waals surface area contributed by atoms with Crippen molar-refractivity contribution < 1.29 is 9.47 Å². The van der Waals surface area contributed by atoms with E-state index < -0.39 is 0 Å². The molecule has 27 heavy (non-hydrogen) atoms. The largest absolute Gasteiger partial charge is 0.497 e. The Balaban J connectivity index is 1.57. The Bertz CT molecular complexity index is 756. The molecule has 0 aliphatic heterocycles. The lowest BCUT2D eigenvalue weighted by molar-refractivity contribution is 0.321. The molecule has 0 fully saturated rings. The van der Waals surface area contributed by atoms with Gasteiger partial charge in [0, 0.05) is 32.4 Å². The third-order valence-corrected chi connectivity index (χ3v) is 3.96. The van der Waals surface area contributed by atoms with Crippen molar-refractivity contribution in [2.24, 2.45) is 4.99 Å². The number of guanidine groups is 1. The SMILES string of the molecule is CN=C(NCCCCn1ccccc1=O)NCCOc1ccc(OC)cc1. The van der Waals surface area contributed by atoms with Crippen molar-refractivity contribution in [3.8, 4) is 11.5 Å². The van der Waals surface area contributed by atoms with Crippen LogP contribution in [0.4, 0.5) is 0 Å². The highest BCUT2D eigenvalue weighted by atomic mass is 16.5. The molecule has 7 heteroatoms. The number of aliphatic imine (C=N–C) groups is 1. The molecule has 0 atom stereocenters. The lowest BCUT2D eigenvalue weighted by atomic mass is 10.3. The number of nitrogens with one attached hydrogen (secondary N) is 2. The van der Waals surface area contributed by atoms with Gasteiger partial charge in [-0.2, -0.15) is 0 Å². The third-order valence-electron chi connectivity index (χ3n) is 3.96. The van der Waals surface area contributed by atoms with Gasteiger partial charge in [-0.25, -0.2) is 0 Å². The minimum Gasteiger partial charge on any atom is -0.497 e. The molecule has 0 spiro atoms. The van der Waals surface area contributed by atoms with Crippen molar-refractivity contribution in [2.75, 3.05) is 33.9 Å². The maximum Gasteiger partial charge on any atom is 0.250 e. The smallest absolute Gasteiger partial charge is 0.250 e. The Labute approximate surface area is 160 Å². The number of rotatable bonds is 10. The maximum absolute atomic E-state index is 11.6. The minimum absolute atomic E-state index is 0.0415. The number of hydrogen-bond acceptors (Lipinski definition) is 4. The van der Waals surface area contributed by atoms with Gasteiger partial charge in [0.25, 0.3) is 0 Å². The minimum atomic E-state index is 0.0415. The summed E-state index contributed by atoms with van der Waals surface area (Å²) >= 11 is 0. The Hall–Kier alpha value is -2.96. The van der Waals surface area contributed by atoms with Gasteiger partial charge in [0.15, 0.2) is 5.96 Å². The first kappa shape index (κ1) is 20.4. The van der Waals surface area contributed by atoms with Crippen LogP contribution in [0.1, 0.15) is 12.8 Å². The molecule has 1 aromatic carbocycles. The van der Waals surface area contributed by atoms with Crippen molar-refractivity contribution in [3.05, 3.63) is 59.0 Å². The number of aryl methyl sites for hydroxylation is 1. The molecular weight excluding hydrogens is 344 g/mol. The predicted octanol–water partition coefficient (Wildman–Crippen LogP) is 1.88. The number of benzene rings is 1. The Morgan fingerprint density at radius 3 is 2.48 bits per heavy atom. The van der Waals surface area contributed by atoms with E-state index in [4.69, 9.17) is 9.47 Å². The number of hydrogen-bond donors (Lipinski definition) is 2. The summed E-state index contributed by atoms with van der Waals surface area (Å²) in [5.41, 5.74) is 0.0415. The van der Waals surface area contributed by atoms with Crippen molar-refractivity contribution in [1.82, 2.24) is 15.2 Å². The van der Waals surface area contributed by atoms with E-state index in [0.29, 0.717) is 13.2 Å². The molecule has 2 rings (SSSR count). The Morgan fingerprint density at radius 1 is 1.04 bits per heavy atom. The van der Waals surface area contributed by atoms with E-state index in [1.54, 1.807) is 30.9 Å². The second kappa shape index (κ2) is 11.6. The van der Waals surface area contributed by atoms with E-state index in [1.807, 2.05) is 36.5 Å². The first-order valence-electron chi connectivity index (χ1n) is 9.10. The number of pyridine rings is 1. The van der Waals surface area contributed by atoms with Gasteiger partial charge >= 0.3 is 0 Å². The van der Waals surface area contributed by atoms with E-state index in [-0.39, 0.29) is 5.56 Å². The van der Waals surface area contributed by atoms with Gasteiger partial charge in [-0.1, -0.05) is 6.07 Å². The van der Waals surface area contributed by atoms with E-state index in [2.05, 4.69) is 15.6 Å². The van der Waals surface area contributed by atoms with Crippen LogP contribution in [0.3, 0.4) is 0 Å². The average Bonchev–Trinajstić information content (AvgIpc) is 2.71. The fraction of sp³-hybridized carbons (Fsp3) is 0.400. The maximum atomic E-state index is 11.6. The summed E-state index contributed by atoms with van der Waals surface area (Å²) in [4.78, 5) is 15.8. The average molecular weight is 372 g/mol. The van der Waals surface area contributed by atoms with Crippen molar-refractivity contribution >= 4 is 5.96 Å². The molecule has 0 unspecified atom stereocenters. The van der Waals surface area contributed by atoms with Crippen LogP contribution in [0.5, 0.6) is 11.5 Å². The van der Waals surface area contributed by atoms with Crippen LogP contribution in [0.25, 0.3) is 0 Å². The summed E-state index contributed by atoms with van der Waals surface area (Å²) in [5.74, 6) is 2.35. The van der Waals surface area contributed by atoms with Crippen molar-refractivity contribution in [1.29, 1.82) is 0 Å². The highest BCUT2D eigenvalue weighted by Gasteiger charge is 1.99. The van der Waals surface area contributed by atoms with Crippen molar-refractivity contribution in [3.63, 3.8) is 0 Å². The molecule has 0 aliphatic rings. The highest BCUT2D eigenvalue weighted by Crippen LogP contribution is 2.16. The number of ether oxygens (including phenoxy) is 2. The van der Waals surface area contributed by atoms with Crippen LogP contribution in [0, 0.1) is 0 Å². The summed E-state index contributed by atoms with van der Waals surface area (Å²) < 4.78 is 12.5.